The van der Waals surface area contributed by atoms with E-state index in [4.69, 9.17) is 5.84 Å². The fourth-order valence-electron chi connectivity index (χ4n) is 1.95. The van der Waals surface area contributed by atoms with Crippen LogP contribution in [-0.2, 0) is 0 Å². The van der Waals surface area contributed by atoms with E-state index in [1.165, 1.54) is 12.8 Å². The van der Waals surface area contributed by atoms with Gasteiger partial charge in [0.1, 0.15) is 12.5 Å². The molecular formula is C9H17N5. The number of allylic oxidation sites excluding steroid dienone is 1. The summed E-state index contributed by atoms with van der Waals surface area (Å²) in [7, 11) is 1.99. The second-order valence-electron chi connectivity index (χ2n) is 3.72. The maximum absolute atomic E-state index is 5.51. The van der Waals surface area contributed by atoms with Crippen LogP contribution >= 0.6 is 0 Å². The number of nitrogens with two attached hydrogens (primary N) is 1. The van der Waals surface area contributed by atoms with Crippen molar-refractivity contribution in [2.75, 3.05) is 26.8 Å². The third-order valence-electron chi connectivity index (χ3n) is 2.72. The topological polar surface area (TPSA) is 56.9 Å². The van der Waals surface area contributed by atoms with Gasteiger partial charge < -0.3 is 15.2 Å². The van der Waals surface area contributed by atoms with Gasteiger partial charge in [0.2, 0.25) is 0 Å². The molecule has 2 aliphatic rings. The Morgan fingerprint density at radius 1 is 1.43 bits per heavy atom. The minimum atomic E-state index is 0.677. The molecule has 1 saturated heterocycles. The molecule has 2 aliphatic heterocycles. The fraction of sp³-hybridized carbons (Fsp3) is 0.667. The predicted molar refractivity (Wildman–Crippen MR) is 56.3 cm³/mol. The summed E-state index contributed by atoms with van der Waals surface area (Å²) in [5.74, 6) is 6.49. The highest BCUT2D eigenvalue weighted by molar-refractivity contribution is 5.79. The number of likely N-dealkylation sites (tertiary alicyclic amines) is 1. The minimum absolute atomic E-state index is 0.677. The van der Waals surface area contributed by atoms with E-state index in [-0.39, 0.29) is 0 Å². The Labute approximate surface area is 84.2 Å². The number of rotatable bonds is 2. The van der Waals surface area contributed by atoms with Gasteiger partial charge in [0.15, 0.2) is 0 Å². The number of nitrogens with zero attached hydrogens (tertiary/aromatic N) is 3. The number of hydrazine groups is 1. The molecule has 2 rings (SSSR count). The van der Waals surface area contributed by atoms with Crippen molar-refractivity contribution < 1.29 is 0 Å². The monoisotopic (exact) mass is 195 g/mol. The summed E-state index contributed by atoms with van der Waals surface area (Å²) in [6.07, 6.45) is 4.44. The van der Waals surface area contributed by atoms with Crippen LogP contribution in [-0.4, -0.2) is 42.8 Å². The van der Waals surface area contributed by atoms with Crippen LogP contribution < -0.4 is 11.3 Å². The van der Waals surface area contributed by atoms with E-state index in [0.717, 1.165) is 24.6 Å². The summed E-state index contributed by atoms with van der Waals surface area (Å²) in [6, 6.07) is 0. The van der Waals surface area contributed by atoms with Crippen LogP contribution in [0.1, 0.15) is 12.8 Å². The lowest BCUT2D eigenvalue weighted by Crippen LogP contribution is -2.40. The first-order chi connectivity index (χ1) is 6.83. The maximum atomic E-state index is 5.51. The van der Waals surface area contributed by atoms with Gasteiger partial charge in [-0.25, -0.2) is 5.84 Å². The summed E-state index contributed by atoms with van der Waals surface area (Å²) in [4.78, 5) is 8.64. The summed E-state index contributed by atoms with van der Waals surface area (Å²) in [5, 5.41) is 0. The molecule has 5 heteroatoms. The van der Waals surface area contributed by atoms with E-state index in [1.54, 1.807) is 0 Å². The number of aliphatic imine (C=N–C) groups is 1. The van der Waals surface area contributed by atoms with E-state index in [0.29, 0.717) is 6.67 Å². The lowest BCUT2D eigenvalue weighted by Gasteiger charge is -2.30. The first kappa shape index (κ1) is 9.33. The Morgan fingerprint density at radius 3 is 2.79 bits per heavy atom. The molecule has 2 heterocycles. The summed E-state index contributed by atoms with van der Waals surface area (Å²) < 4.78 is 0. The van der Waals surface area contributed by atoms with Gasteiger partial charge in [-0.2, -0.15) is 0 Å². The predicted octanol–water partition coefficient (Wildman–Crippen LogP) is -0.312. The molecule has 0 radical (unpaired) electrons. The van der Waals surface area contributed by atoms with Crippen LogP contribution in [0.15, 0.2) is 16.5 Å². The highest BCUT2D eigenvalue weighted by atomic mass is 15.4. The minimum Gasteiger partial charge on any atom is -0.367 e. The molecule has 0 saturated carbocycles. The molecule has 0 aromatic carbocycles. The third-order valence-corrected chi connectivity index (χ3v) is 2.72. The zero-order chi connectivity index (χ0) is 9.97. The van der Waals surface area contributed by atoms with Gasteiger partial charge in [0.25, 0.3) is 0 Å². The normalized spacial score (nSPS) is 22.1. The van der Waals surface area contributed by atoms with E-state index >= 15 is 0 Å². The molecule has 0 atom stereocenters. The van der Waals surface area contributed by atoms with Crippen molar-refractivity contribution in [3.8, 4) is 0 Å². The van der Waals surface area contributed by atoms with Crippen molar-refractivity contribution in [1.29, 1.82) is 0 Å². The van der Waals surface area contributed by atoms with Crippen molar-refractivity contribution in [3.63, 3.8) is 0 Å². The number of nitrogens with one attached hydrogen (secondary N) is 1. The molecule has 0 spiro atoms. The van der Waals surface area contributed by atoms with Gasteiger partial charge >= 0.3 is 0 Å². The Morgan fingerprint density at radius 2 is 2.14 bits per heavy atom. The molecule has 1 fully saturated rings. The smallest absolute Gasteiger partial charge is 0.142 e. The molecule has 0 bridgehead atoms. The van der Waals surface area contributed by atoms with Crippen LogP contribution in [0.2, 0.25) is 0 Å². The maximum Gasteiger partial charge on any atom is 0.142 e. The van der Waals surface area contributed by atoms with Gasteiger partial charge in [-0.05, 0) is 12.8 Å². The first-order valence-corrected chi connectivity index (χ1v) is 4.99. The average Bonchev–Trinajstić information content (AvgIpc) is 2.70. The summed E-state index contributed by atoms with van der Waals surface area (Å²) >= 11 is 0. The van der Waals surface area contributed by atoms with Crippen LogP contribution in [0, 0.1) is 0 Å². The molecule has 0 aromatic heterocycles. The third kappa shape index (κ3) is 1.55. The van der Waals surface area contributed by atoms with Gasteiger partial charge in [-0.15, -0.1) is 0 Å². The Hall–Kier alpha value is -1.23. The number of hydrogen-bond acceptors (Lipinski definition) is 5. The van der Waals surface area contributed by atoms with Gasteiger partial charge in [-0.1, -0.05) is 0 Å². The standard InChI is InChI=1S/C9H17N5/c1-13-7-11-6-8(9(13)12-10)14-4-2-3-5-14/h6,12H,2-5,7,10H2,1H3. The van der Waals surface area contributed by atoms with E-state index in [1.807, 2.05) is 18.2 Å². The van der Waals surface area contributed by atoms with Crippen molar-refractivity contribution >= 4 is 6.21 Å². The van der Waals surface area contributed by atoms with Crippen LogP contribution in [0.5, 0.6) is 0 Å². The molecule has 78 valence electrons. The fourth-order valence-corrected chi connectivity index (χ4v) is 1.95. The quantitative estimate of drug-likeness (QED) is 0.469. The molecule has 3 N–H and O–H groups in total. The van der Waals surface area contributed by atoms with E-state index in [2.05, 4.69) is 15.3 Å². The van der Waals surface area contributed by atoms with Gasteiger partial charge in [0.05, 0.1) is 11.9 Å². The SMILES string of the molecule is CN1CN=CC(N2CCCC2)=C1NN. The number of hydrogen-bond donors (Lipinski definition) is 2. The summed E-state index contributed by atoms with van der Waals surface area (Å²) in [5.41, 5.74) is 3.88. The lowest BCUT2D eigenvalue weighted by molar-refractivity contribution is 0.349. The van der Waals surface area contributed by atoms with Crippen LogP contribution in [0.3, 0.4) is 0 Å². The Balaban J connectivity index is 2.23. The largest absolute Gasteiger partial charge is 0.367 e. The van der Waals surface area contributed by atoms with Crippen LogP contribution in [0.4, 0.5) is 0 Å². The second kappa shape index (κ2) is 3.88. The van der Waals surface area contributed by atoms with Crippen molar-refractivity contribution in [3.05, 3.63) is 11.5 Å². The lowest BCUT2D eigenvalue weighted by atomic mass is 10.3. The van der Waals surface area contributed by atoms with Crippen LogP contribution in [0.25, 0.3) is 0 Å². The van der Waals surface area contributed by atoms with E-state index in [9.17, 15) is 0 Å². The first-order valence-electron chi connectivity index (χ1n) is 4.99. The molecular weight excluding hydrogens is 178 g/mol. The summed E-state index contributed by atoms with van der Waals surface area (Å²) in [6.45, 7) is 2.90. The van der Waals surface area contributed by atoms with Crippen molar-refractivity contribution in [2.24, 2.45) is 10.8 Å². The average molecular weight is 195 g/mol. The molecule has 0 unspecified atom stereocenters. The highest BCUT2D eigenvalue weighted by Gasteiger charge is 2.21. The zero-order valence-corrected chi connectivity index (χ0v) is 8.53. The van der Waals surface area contributed by atoms with Crippen molar-refractivity contribution in [2.45, 2.75) is 12.8 Å². The second-order valence-corrected chi connectivity index (χ2v) is 3.72. The zero-order valence-electron chi connectivity index (χ0n) is 8.53. The van der Waals surface area contributed by atoms with Gasteiger partial charge in [-0.3, -0.25) is 4.99 Å². The molecule has 0 aromatic rings. The molecule has 0 amide bonds. The van der Waals surface area contributed by atoms with E-state index < -0.39 is 0 Å². The Bertz CT molecular complexity index is 264. The molecule has 0 aliphatic carbocycles. The Kier molecular flexibility index (Phi) is 2.58. The molecule has 5 nitrogen and oxygen atoms in total. The molecule has 14 heavy (non-hydrogen) atoms. The van der Waals surface area contributed by atoms with Gasteiger partial charge in [0, 0.05) is 20.1 Å². The van der Waals surface area contributed by atoms with Crippen molar-refractivity contribution in [1.82, 2.24) is 15.2 Å². The highest BCUT2D eigenvalue weighted by Crippen LogP contribution is 2.18.